The fraction of sp³-hybridized carbons (Fsp3) is 0.556. The molecular formula is C18H24Cl3N3O2. The summed E-state index contributed by atoms with van der Waals surface area (Å²) in [6, 6.07) is 4.36. The molecule has 2 saturated heterocycles. The second kappa shape index (κ2) is 9.79. The van der Waals surface area contributed by atoms with Gasteiger partial charge in [-0.2, -0.15) is 0 Å². The van der Waals surface area contributed by atoms with Crippen molar-refractivity contribution in [3.63, 3.8) is 0 Å². The van der Waals surface area contributed by atoms with Crippen LogP contribution in [0.25, 0.3) is 0 Å². The maximum atomic E-state index is 12.8. The molecule has 2 aliphatic rings. The monoisotopic (exact) mass is 419 g/mol. The minimum atomic E-state index is -0.415. The van der Waals surface area contributed by atoms with Crippen LogP contribution in [0, 0.1) is 5.92 Å². The summed E-state index contributed by atoms with van der Waals surface area (Å²) in [5.41, 5.74) is 0.425. The minimum absolute atomic E-state index is 0. The van der Waals surface area contributed by atoms with Crippen LogP contribution in [0.4, 0.5) is 0 Å². The van der Waals surface area contributed by atoms with Crippen molar-refractivity contribution in [1.29, 1.82) is 0 Å². The quantitative estimate of drug-likeness (QED) is 0.786. The van der Waals surface area contributed by atoms with Crippen molar-refractivity contribution in [3.8, 4) is 0 Å². The Morgan fingerprint density at radius 2 is 1.88 bits per heavy atom. The topological polar surface area (TPSA) is 61.4 Å². The second-order valence-electron chi connectivity index (χ2n) is 6.77. The third-order valence-corrected chi connectivity index (χ3v) is 5.33. The zero-order valence-corrected chi connectivity index (χ0v) is 16.8. The Balaban J connectivity index is 0.00000243. The Kier molecular flexibility index (Phi) is 8.02. The van der Waals surface area contributed by atoms with E-state index >= 15 is 0 Å². The Morgan fingerprint density at radius 1 is 1.15 bits per heavy atom. The van der Waals surface area contributed by atoms with E-state index in [1.165, 1.54) is 0 Å². The highest BCUT2D eigenvalue weighted by Crippen LogP contribution is 2.24. The van der Waals surface area contributed by atoms with E-state index in [4.69, 9.17) is 23.2 Å². The molecule has 0 radical (unpaired) electrons. The Morgan fingerprint density at radius 3 is 2.54 bits per heavy atom. The van der Waals surface area contributed by atoms with Gasteiger partial charge >= 0.3 is 0 Å². The van der Waals surface area contributed by atoms with Gasteiger partial charge in [0.1, 0.15) is 6.04 Å². The standard InChI is InChI=1S/C18H23Cl2N3O2.ClH/c19-14-7-13(8-15(20)9-14)18(25)23-6-2-4-16(23)17(24)22-11-12-3-1-5-21-10-12;/h7-9,12,16,21H,1-6,10-11H2,(H,22,24);1H. The molecule has 2 fully saturated rings. The van der Waals surface area contributed by atoms with Gasteiger partial charge in [-0.05, 0) is 62.9 Å². The van der Waals surface area contributed by atoms with E-state index in [9.17, 15) is 9.59 Å². The molecule has 5 nitrogen and oxygen atoms in total. The Labute approximate surface area is 170 Å². The number of hydrogen-bond acceptors (Lipinski definition) is 3. The Bertz CT molecular complexity index is 630. The molecule has 144 valence electrons. The molecule has 0 spiro atoms. The van der Waals surface area contributed by atoms with E-state index in [1.807, 2.05) is 0 Å². The molecular weight excluding hydrogens is 397 g/mol. The van der Waals surface area contributed by atoms with Crippen LogP contribution in [0.5, 0.6) is 0 Å². The van der Waals surface area contributed by atoms with Crippen molar-refractivity contribution < 1.29 is 9.59 Å². The van der Waals surface area contributed by atoms with Gasteiger partial charge in [0.2, 0.25) is 5.91 Å². The molecule has 2 heterocycles. The lowest BCUT2D eigenvalue weighted by atomic mass is 9.99. The summed E-state index contributed by atoms with van der Waals surface area (Å²) in [4.78, 5) is 27.0. The number of likely N-dealkylation sites (tertiary alicyclic amines) is 1. The summed E-state index contributed by atoms with van der Waals surface area (Å²) in [6.07, 6.45) is 3.78. The van der Waals surface area contributed by atoms with Crippen molar-refractivity contribution in [2.45, 2.75) is 31.7 Å². The van der Waals surface area contributed by atoms with Crippen LogP contribution in [0.15, 0.2) is 18.2 Å². The fourth-order valence-corrected chi connectivity index (χ4v) is 4.11. The number of nitrogens with zero attached hydrogens (tertiary/aromatic N) is 1. The van der Waals surface area contributed by atoms with Crippen molar-refractivity contribution in [2.24, 2.45) is 5.92 Å². The van der Waals surface area contributed by atoms with E-state index in [0.29, 0.717) is 41.0 Å². The van der Waals surface area contributed by atoms with E-state index in [-0.39, 0.29) is 24.2 Å². The number of piperidine rings is 1. The summed E-state index contributed by atoms with van der Waals surface area (Å²) in [5.74, 6) is 0.209. The molecule has 1 aromatic carbocycles. The molecule has 2 unspecified atom stereocenters. The molecule has 2 atom stereocenters. The van der Waals surface area contributed by atoms with Crippen LogP contribution in [-0.2, 0) is 4.79 Å². The molecule has 2 aliphatic heterocycles. The smallest absolute Gasteiger partial charge is 0.254 e. The largest absolute Gasteiger partial charge is 0.354 e. The molecule has 8 heteroatoms. The van der Waals surface area contributed by atoms with Crippen LogP contribution in [0.2, 0.25) is 10.0 Å². The fourth-order valence-electron chi connectivity index (χ4n) is 3.59. The summed E-state index contributed by atoms with van der Waals surface area (Å²) in [5, 5.41) is 7.21. The van der Waals surface area contributed by atoms with Crippen LogP contribution in [0.3, 0.4) is 0 Å². The second-order valence-corrected chi connectivity index (χ2v) is 7.65. The van der Waals surface area contributed by atoms with E-state index in [0.717, 1.165) is 32.4 Å². The van der Waals surface area contributed by atoms with Gasteiger partial charge in [-0.15, -0.1) is 12.4 Å². The lowest BCUT2D eigenvalue weighted by Crippen LogP contribution is -2.48. The number of nitrogens with one attached hydrogen (secondary N) is 2. The van der Waals surface area contributed by atoms with E-state index in [2.05, 4.69) is 10.6 Å². The minimum Gasteiger partial charge on any atom is -0.354 e. The van der Waals surface area contributed by atoms with Crippen molar-refractivity contribution >= 4 is 47.4 Å². The summed E-state index contributed by atoms with van der Waals surface area (Å²) >= 11 is 12.0. The number of carbonyl (C=O) groups excluding carboxylic acids is 2. The predicted molar refractivity (Wildman–Crippen MR) is 106 cm³/mol. The number of amides is 2. The van der Waals surface area contributed by atoms with Gasteiger partial charge in [0, 0.05) is 28.7 Å². The third kappa shape index (κ3) is 5.26. The highest BCUT2D eigenvalue weighted by molar-refractivity contribution is 6.35. The normalized spacial score (nSPS) is 22.6. The van der Waals surface area contributed by atoms with E-state index < -0.39 is 6.04 Å². The van der Waals surface area contributed by atoms with Gasteiger partial charge in [-0.1, -0.05) is 23.2 Å². The number of benzene rings is 1. The highest BCUT2D eigenvalue weighted by atomic mass is 35.5. The summed E-state index contributed by atoms with van der Waals surface area (Å²) in [6.45, 7) is 3.23. The molecule has 0 saturated carbocycles. The number of hydrogen-bond donors (Lipinski definition) is 2. The van der Waals surface area contributed by atoms with Gasteiger partial charge in [-0.3, -0.25) is 9.59 Å². The van der Waals surface area contributed by atoms with Gasteiger partial charge in [0.25, 0.3) is 5.91 Å². The Hall–Kier alpha value is -1.01. The SMILES string of the molecule is Cl.O=C(NCC1CCCNC1)C1CCCN1C(=O)c1cc(Cl)cc(Cl)c1. The molecule has 1 aromatic rings. The van der Waals surface area contributed by atoms with Crippen molar-refractivity contribution in [2.75, 3.05) is 26.2 Å². The average Bonchev–Trinajstić information content (AvgIpc) is 3.09. The highest BCUT2D eigenvalue weighted by Gasteiger charge is 2.34. The first kappa shape index (κ1) is 21.3. The van der Waals surface area contributed by atoms with Crippen LogP contribution < -0.4 is 10.6 Å². The number of halogens is 3. The van der Waals surface area contributed by atoms with Crippen LogP contribution in [-0.4, -0.2) is 48.9 Å². The lowest BCUT2D eigenvalue weighted by molar-refractivity contribution is -0.125. The maximum absolute atomic E-state index is 12.8. The summed E-state index contributed by atoms with van der Waals surface area (Å²) in [7, 11) is 0. The van der Waals surface area contributed by atoms with Crippen molar-refractivity contribution in [3.05, 3.63) is 33.8 Å². The first-order valence-electron chi connectivity index (χ1n) is 8.80. The molecule has 3 rings (SSSR count). The molecule has 2 amide bonds. The maximum Gasteiger partial charge on any atom is 0.254 e. The lowest BCUT2D eigenvalue weighted by Gasteiger charge is -2.27. The molecule has 0 aliphatic carbocycles. The van der Waals surface area contributed by atoms with Crippen LogP contribution >= 0.6 is 35.6 Å². The first-order chi connectivity index (χ1) is 12.0. The number of carbonyl (C=O) groups is 2. The van der Waals surface area contributed by atoms with E-state index in [1.54, 1.807) is 23.1 Å². The van der Waals surface area contributed by atoms with Gasteiger partial charge in [-0.25, -0.2) is 0 Å². The summed E-state index contributed by atoms with van der Waals surface area (Å²) < 4.78 is 0. The van der Waals surface area contributed by atoms with Crippen molar-refractivity contribution in [1.82, 2.24) is 15.5 Å². The molecule has 0 bridgehead atoms. The molecule has 0 aromatic heterocycles. The zero-order chi connectivity index (χ0) is 17.8. The zero-order valence-electron chi connectivity index (χ0n) is 14.5. The van der Waals surface area contributed by atoms with Crippen LogP contribution in [0.1, 0.15) is 36.0 Å². The average molecular weight is 421 g/mol. The molecule has 2 N–H and O–H groups in total. The third-order valence-electron chi connectivity index (χ3n) is 4.89. The van der Waals surface area contributed by atoms with Gasteiger partial charge < -0.3 is 15.5 Å². The molecule has 26 heavy (non-hydrogen) atoms. The first-order valence-corrected chi connectivity index (χ1v) is 9.55. The number of rotatable bonds is 4. The van der Waals surface area contributed by atoms with Gasteiger partial charge in [0.05, 0.1) is 0 Å². The predicted octanol–water partition coefficient (Wildman–Crippen LogP) is 3.14. The van der Waals surface area contributed by atoms with Gasteiger partial charge in [0.15, 0.2) is 0 Å².